The molecule has 4 heteroatoms. The maximum absolute atomic E-state index is 12.3. The number of hydrogen-bond acceptors (Lipinski definition) is 3. The molecule has 21 heavy (non-hydrogen) atoms. The molecule has 1 aromatic heterocycles. The van der Waals surface area contributed by atoms with E-state index in [1.54, 1.807) is 13.0 Å². The molecule has 0 N–H and O–H groups in total. The molecule has 0 fully saturated rings. The van der Waals surface area contributed by atoms with Crippen LogP contribution in [0.1, 0.15) is 34.9 Å². The van der Waals surface area contributed by atoms with Crippen LogP contribution in [0.25, 0.3) is 0 Å². The van der Waals surface area contributed by atoms with Crippen molar-refractivity contribution in [2.24, 2.45) is 5.10 Å². The highest BCUT2D eigenvalue weighted by Gasteiger charge is 2.10. The number of nitriles is 1. The Morgan fingerprint density at radius 1 is 1.19 bits per heavy atom. The van der Waals surface area contributed by atoms with Gasteiger partial charge in [0, 0.05) is 5.69 Å². The van der Waals surface area contributed by atoms with E-state index in [0.29, 0.717) is 11.3 Å². The molecule has 1 heterocycles. The maximum atomic E-state index is 12.3. The third kappa shape index (κ3) is 2.92. The molecular weight excluding hydrogens is 262 g/mol. The van der Waals surface area contributed by atoms with E-state index in [-0.39, 0.29) is 11.1 Å². The molecule has 0 saturated carbocycles. The number of hydrogen-bond donors (Lipinski definition) is 0. The summed E-state index contributed by atoms with van der Waals surface area (Å²) in [7, 11) is 0. The van der Waals surface area contributed by atoms with E-state index in [0.717, 1.165) is 11.3 Å². The first-order valence-electron chi connectivity index (χ1n) is 6.70. The molecule has 2 rings (SSSR count). The van der Waals surface area contributed by atoms with Crippen LogP contribution in [-0.2, 0) is 0 Å². The second kappa shape index (κ2) is 5.76. The zero-order chi connectivity index (χ0) is 15.6. The third-order valence-electron chi connectivity index (χ3n) is 3.39. The van der Waals surface area contributed by atoms with Gasteiger partial charge in [-0.2, -0.15) is 10.4 Å². The summed E-state index contributed by atoms with van der Waals surface area (Å²) < 4.78 is 1.29. The minimum atomic E-state index is -0.374. The lowest BCUT2D eigenvalue weighted by Crippen LogP contribution is -2.23. The van der Waals surface area contributed by atoms with Crippen LogP contribution in [0.4, 0.5) is 0 Å². The molecule has 0 aliphatic carbocycles. The predicted molar refractivity (Wildman–Crippen MR) is 83.7 cm³/mol. The van der Waals surface area contributed by atoms with Crippen LogP contribution in [0, 0.1) is 32.1 Å². The largest absolute Gasteiger partial charge is 0.289 e. The molecule has 0 unspecified atom stereocenters. The first-order chi connectivity index (χ1) is 9.93. The number of benzene rings is 1. The van der Waals surface area contributed by atoms with Crippen LogP contribution in [-0.4, -0.2) is 10.4 Å². The van der Waals surface area contributed by atoms with Gasteiger partial charge in [0.05, 0.1) is 5.71 Å². The topological polar surface area (TPSA) is 58.1 Å². The average Bonchev–Trinajstić information content (AvgIpc) is 2.44. The van der Waals surface area contributed by atoms with Crippen LogP contribution in [0.15, 0.2) is 40.2 Å². The normalized spacial score (nSPS) is 11.3. The fraction of sp³-hybridized carbons (Fsp3) is 0.235. The maximum Gasteiger partial charge on any atom is 0.289 e. The second-order valence-electron chi connectivity index (χ2n) is 5.12. The number of rotatable bonds is 2. The van der Waals surface area contributed by atoms with Crippen molar-refractivity contribution in [3.63, 3.8) is 0 Å². The molecular formula is C17H17N3O. The van der Waals surface area contributed by atoms with Crippen LogP contribution in [0.3, 0.4) is 0 Å². The molecule has 2 aromatic rings. The highest BCUT2D eigenvalue weighted by molar-refractivity contribution is 5.98. The summed E-state index contributed by atoms with van der Waals surface area (Å²) in [5.74, 6) is 0. The molecule has 0 spiro atoms. The van der Waals surface area contributed by atoms with Crippen LogP contribution in [0.2, 0.25) is 0 Å². The lowest BCUT2D eigenvalue weighted by atomic mass is 10.1. The molecule has 0 bridgehead atoms. The quantitative estimate of drug-likeness (QED) is 0.794. The van der Waals surface area contributed by atoms with Gasteiger partial charge in [-0.25, -0.2) is 4.68 Å². The minimum absolute atomic E-state index is 0.140. The van der Waals surface area contributed by atoms with E-state index in [2.05, 4.69) is 5.10 Å². The summed E-state index contributed by atoms with van der Waals surface area (Å²) in [6.07, 6.45) is 0. The fourth-order valence-corrected chi connectivity index (χ4v) is 2.14. The van der Waals surface area contributed by atoms with Crippen molar-refractivity contribution in [3.8, 4) is 6.07 Å². The smallest absolute Gasteiger partial charge is 0.266 e. The van der Waals surface area contributed by atoms with E-state index in [4.69, 9.17) is 5.26 Å². The monoisotopic (exact) mass is 279 g/mol. The molecule has 0 aliphatic heterocycles. The standard InChI is InChI=1S/C17H17N3O/c1-11-5-7-15(8-6-11)14(4)19-20-13(3)9-12(2)16(10-18)17(20)21/h5-9H,1-4H3/b19-14-. The van der Waals surface area contributed by atoms with Crippen LogP contribution >= 0.6 is 0 Å². The Morgan fingerprint density at radius 2 is 1.81 bits per heavy atom. The molecule has 106 valence electrons. The summed E-state index contributed by atoms with van der Waals surface area (Å²) in [5, 5.41) is 13.5. The predicted octanol–water partition coefficient (Wildman–Crippen LogP) is 2.92. The fourth-order valence-electron chi connectivity index (χ4n) is 2.14. The Kier molecular flexibility index (Phi) is 4.04. The number of aryl methyl sites for hydroxylation is 3. The zero-order valence-corrected chi connectivity index (χ0v) is 12.6. The summed E-state index contributed by atoms with van der Waals surface area (Å²) in [6.45, 7) is 7.43. The van der Waals surface area contributed by atoms with E-state index < -0.39 is 0 Å². The summed E-state index contributed by atoms with van der Waals surface area (Å²) in [5.41, 5.74) is 4.01. The summed E-state index contributed by atoms with van der Waals surface area (Å²) in [4.78, 5) is 12.3. The van der Waals surface area contributed by atoms with Gasteiger partial charge < -0.3 is 0 Å². The summed E-state index contributed by atoms with van der Waals surface area (Å²) in [6, 6.07) is 11.7. The molecule has 1 aromatic carbocycles. The average molecular weight is 279 g/mol. The van der Waals surface area contributed by atoms with Gasteiger partial charge in [0.15, 0.2) is 0 Å². The van der Waals surface area contributed by atoms with Crippen molar-refractivity contribution in [1.29, 1.82) is 5.26 Å². The first-order valence-corrected chi connectivity index (χ1v) is 6.70. The van der Waals surface area contributed by atoms with E-state index in [9.17, 15) is 4.79 Å². The van der Waals surface area contributed by atoms with Crippen molar-refractivity contribution < 1.29 is 0 Å². The van der Waals surface area contributed by atoms with Gasteiger partial charge in [0.25, 0.3) is 5.56 Å². The van der Waals surface area contributed by atoms with E-state index in [1.807, 2.05) is 51.1 Å². The van der Waals surface area contributed by atoms with Crippen LogP contribution in [0.5, 0.6) is 0 Å². The van der Waals surface area contributed by atoms with Gasteiger partial charge in [-0.3, -0.25) is 4.79 Å². The lowest BCUT2D eigenvalue weighted by Gasteiger charge is -2.08. The number of aromatic nitrogens is 1. The van der Waals surface area contributed by atoms with Gasteiger partial charge in [0.1, 0.15) is 11.6 Å². The first kappa shape index (κ1) is 14.7. The molecule has 0 saturated heterocycles. The van der Waals surface area contributed by atoms with Gasteiger partial charge in [0.2, 0.25) is 0 Å². The highest BCUT2D eigenvalue weighted by atomic mass is 16.1. The van der Waals surface area contributed by atoms with Gasteiger partial charge >= 0.3 is 0 Å². The molecule has 0 atom stereocenters. The summed E-state index contributed by atoms with van der Waals surface area (Å²) >= 11 is 0. The molecule has 0 radical (unpaired) electrons. The van der Waals surface area contributed by atoms with Gasteiger partial charge in [-0.1, -0.05) is 29.8 Å². The van der Waals surface area contributed by atoms with Crippen molar-refractivity contribution in [2.75, 3.05) is 0 Å². The Balaban J connectivity index is 2.58. The van der Waals surface area contributed by atoms with Crippen molar-refractivity contribution >= 4 is 5.71 Å². The van der Waals surface area contributed by atoms with Crippen molar-refractivity contribution in [1.82, 2.24) is 4.68 Å². The number of pyridine rings is 1. The second-order valence-corrected chi connectivity index (χ2v) is 5.12. The van der Waals surface area contributed by atoms with Crippen molar-refractivity contribution in [2.45, 2.75) is 27.7 Å². The molecule has 4 nitrogen and oxygen atoms in total. The lowest BCUT2D eigenvalue weighted by molar-refractivity contribution is 0.781. The van der Waals surface area contributed by atoms with Gasteiger partial charge in [-0.15, -0.1) is 0 Å². The van der Waals surface area contributed by atoms with Gasteiger partial charge in [-0.05, 0) is 44.9 Å². The Bertz CT molecular complexity index is 806. The number of nitrogens with zero attached hydrogens (tertiary/aromatic N) is 3. The highest BCUT2D eigenvalue weighted by Crippen LogP contribution is 2.08. The Morgan fingerprint density at radius 3 is 2.38 bits per heavy atom. The van der Waals surface area contributed by atoms with Crippen LogP contribution < -0.4 is 5.56 Å². The zero-order valence-electron chi connectivity index (χ0n) is 12.6. The molecule has 0 aliphatic rings. The third-order valence-corrected chi connectivity index (χ3v) is 3.39. The molecule has 0 amide bonds. The van der Waals surface area contributed by atoms with E-state index in [1.165, 1.54) is 10.2 Å². The Labute approximate surface area is 124 Å². The van der Waals surface area contributed by atoms with Crippen molar-refractivity contribution in [3.05, 3.63) is 68.6 Å². The minimum Gasteiger partial charge on any atom is -0.266 e. The SMILES string of the molecule is C/C(=N/n1c(C)cc(C)c(C#N)c1=O)c1ccc(C)cc1. The Hall–Kier alpha value is -2.67. The van der Waals surface area contributed by atoms with E-state index >= 15 is 0 Å².